The highest BCUT2D eigenvalue weighted by Gasteiger charge is 2.18. The third kappa shape index (κ3) is 4.29. The van der Waals surface area contributed by atoms with Crippen molar-refractivity contribution in [2.45, 2.75) is 6.42 Å². The molecule has 1 aliphatic heterocycles. The quantitative estimate of drug-likeness (QED) is 0.603. The number of nitrogens with zero attached hydrogens (tertiary/aromatic N) is 1. The second-order valence-corrected chi connectivity index (χ2v) is 7.70. The maximum atomic E-state index is 12.5. The summed E-state index contributed by atoms with van der Waals surface area (Å²) in [4.78, 5) is 17.0. The van der Waals surface area contributed by atoms with Gasteiger partial charge in [-0.15, -0.1) is 11.3 Å². The molecule has 0 aliphatic carbocycles. The number of carbonyl (C=O) groups excluding carboxylic acids is 1. The Morgan fingerprint density at radius 1 is 1.17 bits per heavy atom. The van der Waals surface area contributed by atoms with Gasteiger partial charge in [-0.25, -0.2) is 4.98 Å². The summed E-state index contributed by atoms with van der Waals surface area (Å²) >= 11 is 7.59. The van der Waals surface area contributed by atoms with Crippen LogP contribution in [0.25, 0.3) is 11.3 Å². The van der Waals surface area contributed by atoms with Gasteiger partial charge in [0.05, 0.1) is 31.4 Å². The summed E-state index contributed by atoms with van der Waals surface area (Å²) in [6.45, 7) is 0.913. The van der Waals surface area contributed by atoms with Crippen molar-refractivity contribution in [2.75, 3.05) is 32.8 Å². The van der Waals surface area contributed by atoms with Crippen molar-refractivity contribution in [3.63, 3.8) is 0 Å². The van der Waals surface area contributed by atoms with Crippen molar-refractivity contribution in [2.24, 2.45) is 0 Å². The average Bonchev–Trinajstić information content (AvgIpc) is 3.21. The summed E-state index contributed by atoms with van der Waals surface area (Å²) < 4.78 is 21.7. The number of benzene rings is 2. The summed E-state index contributed by atoms with van der Waals surface area (Å²) in [5.41, 5.74) is 2.33. The number of thiazole rings is 1. The molecule has 156 valence electrons. The number of rotatable bonds is 6. The Morgan fingerprint density at radius 3 is 2.77 bits per heavy atom. The first-order valence-corrected chi connectivity index (χ1v) is 10.4. The van der Waals surface area contributed by atoms with Crippen LogP contribution in [0.2, 0.25) is 5.02 Å². The van der Waals surface area contributed by atoms with Crippen LogP contribution in [0.1, 0.15) is 5.56 Å². The molecule has 3 aromatic rings. The fourth-order valence-corrected chi connectivity index (χ4v) is 4.10. The van der Waals surface area contributed by atoms with Gasteiger partial charge in [-0.2, -0.15) is 0 Å². The highest BCUT2D eigenvalue weighted by Crippen LogP contribution is 2.38. The zero-order valence-corrected chi connectivity index (χ0v) is 17.9. The highest BCUT2D eigenvalue weighted by molar-refractivity contribution is 7.14. The van der Waals surface area contributed by atoms with Gasteiger partial charge in [0.25, 0.3) is 0 Å². The molecule has 0 bridgehead atoms. The van der Waals surface area contributed by atoms with Crippen molar-refractivity contribution >= 4 is 34.0 Å². The molecule has 30 heavy (non-hydrogen) atoms. The molecule has 0 radical (unpaired) electrons. The molecule has 0 unspecified atom stereocenters. The summed E-state index contributed by atoms with van der Waals surface area (Å²) in [7, 11) is 3.17. The van der Waals surface area contributed by atoms with Gasteiger partial charge in [-0.3, -0.25) is 4.79 Å². The monoisotopic (exact) mass is 446 g/mol. The maximum Gasteiger partial charge on any atom is 0.230 e. The molecule has 1 amide bonds. The number of anilines is 1. The smallest absolute Gasteiger partial charge is 0.230 e. The first-order valence-electron chi connectivity index (χ1n) is 9.13. The van der Waals surface area contributed by atoms with Gasteiger partial charge in [-0.05, 0) is 35.9 Å². The molecule has 2 aromatic carbocycles. The summed E-state index contributed by atoms with van der Waals surface area (Å²) in [5, 5.41) is 5.64. The Hall–Kier alpha value is -2.97. The lowest BCUT2D eigenvalue weighted by Crippen LogP contribution is -2.17. The standard InChI is InChI=1S/C21H19ClN2O5S/c1-26-16-4-3-13(10-17(16)27-2)15-11-30-21(23-15)24-19(25)9-12-7-14(22)20-18(8-12)28-5-6-29-20/h3-4,7-8,10-11H,5-6,9H2,1-2H3,(H,23,24,25). The number of halogens is 1. The van der Waals surface area contributed by atoms with Crippen molar-refractivity contribution in [3.05, 3.63) is 46.3 Å². The summed E-state index contributed by atoms with van der Waals surface area (Å²) in [6.07, 6.45) is 0.141. The number of methoxy groups -OCH3 is 2. The van der Waals surface area contributed by atoms with Gasteiger partial charge in [0.2, 0.25) is 5.91 Å². The Bertz CT molecular complexity index is 1090. The number of carbonyl (C=O) groups is 1. The van der Waals surface area contributed by atoms with Gasteiger partial charge >= 0.3 is 0 Å². The second-order valence-electron chi connectivity index (χ2n) is 6.43. The minimum Gasteiger partial charge on any atom is -0.493 e. The third-order valence-corrected chi connectivity index (χ3v) is 5.49. The first-order chi connectivity index (χ1) is 14.6. The van der Waals surface area contributed by atoms with Gasteiger partial charge < -0.3 is 24.3 Å². The lowest BCUT2D eigenvalue weighted by Gasteiger charge is -2.20. The molecule has 7 nitrogen and oxygen atoms in total. The molecule has 1 aliphatic rings. The molecule has 2 heterocycles. The van der Waals surface area contributed by atoms with Crippen LogP contribution in [-0.2, 0) is 11.2 Å². The first kappa shape index (κ1) is 20.3. The van der Waals surface area contributed by atoms with Crippen LogP contribution >= 0.6 is 22.9 Å². The third-order valence-electron chi connectivity index (χ3n) is 4.45. The minimum atomic E-state index is -0.198. The van der Waals surface area contributed by atoms with Crippen molar-refractivity contribution < 1.29 is 23.7 Å². The highest BCUT2D eigenvalue weighted by atomic mass is 35.5. The van der Waals surface area contributed by atoms with E-state index in [9.17, 15) is 4.79 Å². The van der Waals surface area contributed by atoms with E-state index < -0.39 is 0 Å². The zero-order chi connectivity index (χ0) is 21.1. The fraction of sp³-hybridized carbons (Fsp3) is 0.238. The van der Waals surface area contributed by atoms with E-state index in [0.717, 1.165) is 16.8 Å². The molecule has 0 saturated carbocycles. The fourth-order valence-electron chi connectivity index (χ4n) is 3.07. The summed E-state index contributed by atoms with van der Waals surface area (Å²) in [6, 6.07) is 9.04. The van der Waals surface area contributed by atoms with Crippen LogP contribution in [-0.4, -0.2) is 38.3 Å². The van der Waals surface area contributed by atoms with E-state index in [1.165, 1.54) is 11.3 Å². The molecule has 0 spiro atoms. The number of fused-ring (bicyclic) bond motifs is 1. The van der Waals surface area contributed by atoms with Crippen LogP contribution in [0, 0.1) is 0 Å². The normalized spacial score (nSPS) is 12.4. The van der Waals surface area contributed by atoms with E-state index in [2.05, 4.69) is 10.3 Å². The topological polar surface area (TPSA) is 78.9 Å². The van der Waals surface area contributed by atoms with Crippen molar-refractivity contribution in [3.8, 4) is 34.3 Å². The number of hydrogen-bond donors (Lipinski definition) is 1. The number of ether oxygens (including phenoxy) is 4. The average molecular weight is 447 g/mol. The van der Waals surface area contributed by atoms with Crippen LogP contribution in [0.5, 0.6) is 23.0 Å². The Balaban J connectivity index is 1.45. The minimum absolute atomic E-state index is 0.141. The lowest BCUT2D eigenvalue weighted by molar-refractivity contribution is -0.115. The van der Waals surface area contributed by atoms with E-state index in [-0.39, 0.29) is 12.3 Å². The van der Waals surface area contributed by atoms with E-state index in [0.29, 0.717) is 46.4 Å². The van der Waals surface area contributed by atoms with Crippen LogP contribution in [0.4, 0.5) is 5.13 Å². The van der Waals surface area contributed by atoms with Crippen molar-refractivity contribution in [1.82, 2.24) is 4.98 Å². The van der Waals surface area contributed by atoms with Gasteiger partial charge in [-0.1, -0.05) is 11.6 Å². The molecule has 0 saturated heterocycles. The molecule has 0 fully saturated rings. The van der Waals surface area contributed by atoms with Crippen LogP contribution in [0.3, 0.4) is 0 Å². The van der Waals surface area contributed by atoms with Gasteiger partial charge in [0.1, 0.15) is 13.2 Å². The number of aromatic nitrogens is 1. The molecular formula is C21H19ClN2O5S. The number of amides is 1. The lowest BCUT2D eigenvalue weighted by atomic mass is 10.1. The molecule has 9 heteroatoms. The van der Waals surface area contributed by atoms with E-state index in [4.69, 9.17) is 30.5 Å². The molecule has 4 rings (SSSR count). The largest absolute Gasteiger partial charge is 0.493 e. The van der Waals surface area contributed by atoms with Crippen LogP contribution < -0.4 is 24.3 Å². The predicted octanol–water partition coefficient (Wildman–Crippen LogP) is 4.43. The number of nitrogens with one attached hydrogen (secondary N) is 1. The Morgan fingerprint density at radius 2 is 1.97 bits per heavy atom. The Kier molecular flexibility index (Phi) is 5.96. The van der Waals surface area contributed by atoms with E-state index in [1.54, 1.807) is 26.4 Å². The van der Waals surface area contributed by atoms with E-state index in [1.807, 2.05) is 23.6 Å². The molecule has 1 N–H and O–H groups in total. The second kappa shape index (κ2) is 8.81. The SMILES string of the molecule is COc1ccc(-c2csc(NC(=O)Cc3cc(Cl)c4c(c3)OCCO4)n2)cc1OC. The number of hydrogen-bond acceptors (Lipinski definition) is 7. The molecule has 0 atom stereocenters. The zero-order valence-electron chi connectivity index (χ0n) is 16.4. The molecular weight excluding hydrogens is 428 g/mol. The van der Waals surface area contributed by atoms with Gasteiger partial charge in [0.15, 0.2) is 28.1 Å². The summed E-state index contributed by atoms with van der Waals surface area (Å²) in [5.74, 6) is 2.14. The van der Waals surface area contributed by atoms with Crippen molar-refractivity contribution in [1.29, 1.82) is 0 Å². The van der Waals surface area contributed by atoms with E-state index >= 15 is 0 Å². The maximum absolute atomic E-state index is 12.5. The Labute approximate surface area is 182 Å². The van der Waals surface area contributed by atoms with Gasteiger partial charge in [0, 0.05) is 10.9 Å². The molecule has 1 aromatic heterocycles. The van der Waals surface area contributed by atoms with Crippen LogP contribution in [0.15, 0.2) is 35.7 Å². The predicted molar refractivity (Wildman–Crippen MR) is 115 cm³/mol.